The quantitative estimate of drug-likeness (QED) is 0.793. The predicted octanol–water partition coefficient (Wildman–Crippen LogP) is 0.895. The standard InChI is InChI=1S/C17H23N7O2/c1-10-9-13-14(19-22(3)15(13)11(2)26-10)17(25)24-7-5-12(6-8-24)16-18-20-21-23(16)4/h5,10-11H,6-9H2,1-4H3/t10-,11+/m1/s1. The Morgan fingerprint density at radius 1 is 1.27 bits per heavy atom. The van der Waals surface area contributed by atoms with E-state index in [2.05, 4.69) is 20.6 Å². The second kappa shape index (κ2) is 6.31. The van der Waals surface area contributed by atoms with Crippen LogP contribution < -0.4 is 0 Å². The molecular weight excluding hydrogens is 334 g/mol. The molecule has 1 amide bonds. The zero-order chi connectivity index (χ0) is 18.4. The number of amides is 1. The molecule has 0 spiro atoms. The van der Waals surface area contributed by atoms with E-state index in [9.17, 15) is 4.79 Å². The Kier molecular flexibility index (Phi) is 4.10. The van der Waals surface area contributed by atoms with Crippen molar-refractivity contribution < 1.29 is 9.53 Å². The van der Waals surface area contributed by atoms with E-state index >= 15 is 0 Å². The van der Waals surface area contributed by atoms with Gasteiger partial charge in [-0.3, -0.25) is 9.48 Å². The minimum Gasteiger partial charge on any atom is -0.369 e. The second-order valence-corrected chi connectivity index (χ2v) is 6.99. The minimum atomic E-state index is -0.0518. The molecular formula is C17H23N7O2. The Labute approximate surface area is 151 Å². The number of ether oxygens (including phenoxy) is 1. The zero-order valence-corrected chi connectivity index (χ0v) is 15.5. The number of fused-ring (bicyclic) bond motifs is 1. The molecule has 0 aromatic carbocycles. The minimum absolute atomic E-state index is 0.0189. The average molecular weight is 357 g/mol. The summed E-state index contributed by atoms with van der Waals surface area (Å²) < 4.78 is 9.32. The van der Waals surface area contributed by atoms with Gasteiger partial charge < -0.3 is 9.64 Å². The van der Waals surface area contributed by atoms with Crippen molar-refractivity contribution in [1.29, 1.82) is 0 Å². The SMILES string of the molecule is C[C@@H]1Cc2c(C(=O)N3CC=C(c4nnnn4C)CC3)nn(C)c2[C@H](C)O1. The summed E-state index contributed by atoms with van der Waals surface area (Å²) in [6, 6.07) is 0. The third-order valence-electron chi connectivity index (χ3n) is 5.11. The first-order valence-corrected chi connectivity index (χ1v) is 8.88. The van der Waals surface area contributed by atoms with E-state index in [1.807, 2.05) is 38.9 Å². The smallest absolute Gasteiger partial charge is 0.274 e. The van der Waals surface area contributed by atoms with Crippen LogP contribution in [0.2, 0.25) is 0 Å². The highest BCUT2D eigenvalue weighted by Crippen LogP contribution is 2.32. The van der Waals surface area contributed by atoms with Crippen LogP contribution >= 0.6 is 0 Å². The molecule has 26 heavy (non-hydrogen) atoms. The lowest BCUT2D eigenvalue weighted by atomic mass is 9.98. The highest BCUT2D eigenvalue weighted by molar-refractivity contribution is 5.94. The Morgan fingerprint density at radius 3 is 2.73 bits per heavy atom. The maximum atomic E-state index is 13.1. The van der Waals surface area contributed by atoms with Crippen LogP contribution in [-0.2, 0) is 25.3 Å². The Morgan fingerprint density at radius 2 is 2.08 bits per heavy atom. The largest absolute Gasteiger partial charge is 0.369 e. The van der Waals surface area contributed by atoms with Crippen molar-refractivity contribution >= 4 is 11.5 Å². The molecule has 0 saturated heterocycles. The summed E-state index contributed by atoms with van der Waals surface area (Å²) in [6.07, 6.45) is 3.50. The van der Waals surface area contributed by atoms with Crippen molar-refractivity contribution in [3.05, 3.63) is 28.9 Å². The molecule has 2 aliphatic heterocycles. The third-order valence-corrected chi connectivity index (χ3v) is 5.11. The Balaban J connectivity index is 1.58. The van der Waals surface area contributed by atoms with E-state index in [0.29, 0.717) is 25.2 Å². The molecule has 0 aliphatic carbocycles. The van der Waals surface area contributed by atoms with Crippen molar-refractivity contribution in [3.8, 4) is 0 Å². The van der Waals surface area contributed by atoms with Crippen LogP contribution in [0.25, 0.3) is 5.57 Å². The van der Waals surface area contributed by atoms with Crippen LogP contribution in [0, 0.1) is 0 Å². The molecule has 2 aromatic heterocycles. The summed E-state index contributed by atoms with van der Waals surface area (Å²) in [6.45, 7) is 5.21. The van der Waals surface area contributed by atoms with Gasteiger partial charge in [0, 0.05) is 39.2 Å². The molecule has 0 radical (unpaired) electrons. The molecule has 9 heteroatoms. The Bertz CT molecular complexity index is 882. The lowest BCUT2D eigenvalue weighted by Gasteiger charge is -2.28. The van der Waals surface area contributed by atoms with Crippen molar-refractivity contribution in [2.75, 3.05) is 13.1 Å². The van der Waals surface area contributed by atoms with E-state index in [1.165, 1.54) is 0 Å². The molecule has 0 N–H and O–H groups in total. The molecule has 4 heterocycles. The van der Waals surface area contributed by atoms with Crippen molar-refractivity contribution in [2.24, 2.45) is 14.1 Å². The first kappa shape index (κ1) is 16.9. The first-order chi connectivity index (χ1) is 12.5. The maximum Gasteiger partial charge on any atom is 0.274 e. The summed E-state index contributed by atoms with van der Waals surface area (Å²) in [5, 5.41) is 16.1. The normalized spacial score (nSPS) is 22.9. The van der Waals surface area contributed by atoms with Crippen LogP contribution in [-0.4, -0.2) is 60.0 Å². The van der Waals surface area contributed by atoms with Crippen molar-refractivity contribution in [1.82, 2.24) is 34.9 Å². The van der Waals surface area contributed by atoms with E-state index < -0.39 is 0 Å². The van der Waals surface area contributed by atoms with Gasteiger partial charge in [0.1, 0.15) is 0 Å². The monoisotopic (exact) mass is 357 g/mol. The van der Waals surface area contributed by atoms with E-state index in [0.717, 1.165) is 29.1 Å². The van der Waals surface area contributed by atoms with Gasteiger partial charge in [-0.05, 0) is 36.3 Å². The lowest BCUT2D eigenvalue weighted by Crippen LogP contribution is -2.36. The van der Waals surface area contributed by atoms with Gasteiger partial charge in [-0.25, -0.2) is 4.68 Å². The van der Waals surface area contributed by atoms with Crippen molar-refractivity contribution in [2.45, 2.75) is 38.9 Å². The van der Waals surface area contributed by atoms with Crippen LogP contribution in [0.1, 0.15) is 53.9 Å². The van der Waals surface area contributed by atoms with Crippen LogP contribution in [0.15, 0.2) is 6.08 Å². The van der Waals surface area contributed by atoms with Gasteiger partial charge in [-0.15, -0.1) is 5.10 Å². The van der Waals surface area contributed by atoms with Gasteiger partial charge >= 0.3 is 0 Å². The molecule has 138 valence electrons. The number of hydrogen-bond acceptors (Lipinski definition) is 6. The molecule has 0 unspecified atom stereocenters. The number of aryl methyl sites for hydroxylation is 2. The first-order valence-electron chi connectivity index (χ1n) is 8.88. The number of nitrogens with zero attached hydrogens (tertiary/aromatic N) is 7. The highest BCUT2D eigenvalue weighted by atomic mass is 16.5. The number of aromatic nitrogens is 6. The zero-order valence-electron chi connectivity index (χ0n) is 15.5. The summed E-state index contributed by atoms with van der Waals surface area (Å²) >= 11 is 0. The number of hydrogen-bond donors (Lipinski definition) is 0. The Hall–Kier alpha value is -2.55. The fourth-order valence-electron chi connectivity index (χ4n) is 3.92. The second-order valence-electron chi connectivity index (χ2n) is 6.99. The number of rotatable bonds is 2. The van der Waals surface area contributed by atoms with E-state index in [-0.39, 0.29) is 18.1 Å². The van der Waals surface area contributed by atoms with Crippen LogP contribution in [0.3, 0.4) is 0 Å². The van der Waals surface area contributed by atoms with Gasteiger partial charge in [0.05, 0.1) is 17.9 Å². The molecule has 0 bridgehead atoms. The number of carbonyl (C=O) groups is 1. The molecule has 2 atom stereocenters. The van der Waals surface area contributed by atoms with Gasteiger partial charge in [0.25, 0.3) is 5.91 Å². The molecule has 9 nitrogen and oxygen atoms in total. The average Bonchev–Trinajstić information content (AvgIpc) is 3.18. The summed E-state index contributed by atoms with van der Waals surface area (Å²) in [5.74, 6) is 0.738. The van der Waals surface area contributed by atoms with Gasteiger partial charge in [0.15, 0.2) is 11.5 Å². The summed E-state index contributed by atoms with van der Waals surface area (Å²) in [7, 11) is 3.69. The number of carbonyl (C=O) groups excluding carboxylic acids is 1. The summed E-state index contributed by atoms with van der Waals surface area (Å²) in [4.78, 5) is 14.9. The van der Waals surface area contributed by atoms with Crippen LogP contribution in [0.5, 0.6) is 0 Å². The molecule has 4 rings (SSSR count). The molecule has 0 fully saturated rings. The van der Waals surface area contributed by atoms with E-state index in [1.54, 1.807) is 9.36 Å². The summed E-state index contributed by atoms with van der Waals surface area (Å²) in [5.41, 5.74) is 3.66. The van der Waals surface area contributed by atoms with E-state index in [4.69, 9.17) is 4.74 Å². The van der Waals surface area contributed by atoms with Crippen molar-refractivity contribution in [3.63, 3.8) is 0 Å². The predicted molar refractivity (Wildman–Crippen MR) is 93.2 cm³/mol. The molecule has 0 saturated carbocycles. The fourth-order valence-corrected chi connectivity index (χ4v) is 3.92. The maximum absolute atomic E-state index is 13.1. The third kappa shape index (κ3) is 2.72. The fraction of sp³-hybridized carbons (Fsp3) is 0.588. The topological polar surface area (TPSA) is 91.0 Å². The number of tetrazole rings is 1. The molecule has 2 aliphatic rings. The lowest BCUT2D eigenvalue weighted by molar-refractivity contribution is -0.00906. The highest BCUT2D eigenvalue weighted by Gasteiger charge is 2.33. The van der Waals surface area contributed by atoms with Gasteiger partial charge in [-0.1, -0.05) is 6.08 Å². The molecule has 2 aromatic rings. The van der Waals surface area contributed by atoms with Gasteiger partial charge in [-0.2, -0.15) is 5.10 Å². The van der Waals surface area contributed by atoms with Crippen LogP contribution in [0.4, 0.5) is 0 Å². The van der Waals surface area contributed by atoms with Gasteiger partial charge in [0.2, 0.25) is 0 Å².